The van der Waals surface area contributed by atoms with Crippen LogP contribution in [0.3, 0.4) is 0 Å². The van der Waals surface area contributed by atoms with E-state index in [4.69, 9.17) is 4.98 Å². The van der Waals surface area contributed by atoms with Crippen molar-refractivity contribution >= 4 is 11.7 Å². The number of halogens is 2. The number of ketones is 1. The molecule has 1 aromatic carbocycles. The van der Waals surface area contributed by atoms with Crippen LogP contribution in [0.1, 0.15) is 56.5 Å². The van der Waals surface area contributed by atoms with Gasteiger partial charge in [0.2, 0.25) is 5.95 Å². The van der Waals surface area contributed by atoms with Gasteiger partial charge in [-0.2, -0.15) is 5.10 Å². The molecule has 0 radical (unpaired) electrons. The molecular formula is C29H26F2N6O. The van der Waals surface area contributed by atoms with Crippen LogP contribution in [0.25, 0.3) is 22.5 Å². The first-order chi connectivity index (χ1) is 18.2. The highest BCUT2D eigenvalue weighted by Gasteiger charge is 2.65. The molecule has 0 spiro atoms. The molecule has 2 bridgehead atoms. The van der Waals surface area contributed by atoms with Crippen LogP contribution in [0.15, 0.2) is 54.9 Å². The van der Waals surface area contributed by atoms with Gasteiger partial charge in [-0.05, 0) is 67.0 Å². The zero-order valence-corrected chi connectivity index (χ0v) is 21.3. The van der Waals surface area contributed by atoms with Crippen LogP contribution in [0, 0.1) is 17.0 Å². The zero-order chi connectivity index (χ0) is 26.7. The molecule has 7 nitrogen and oxygen atoms in total. The molecule has 0 unspecified atom stereocenters. The maximum atomic E-state index is 14.5. The Hall–Kier alpha value is -4.14. The van der Waals surface area contributed by atoms with E-state index in [1.165, 1.54) is 25.1 Å². The number of carbonyl (C=O) groups is 1. The molecule has 0 aliphatic heterocycles. The van der Waals surface area contributed by atoms with Crippen LogP contribution in [0.5, 0.6) is 0 Å². The molecule has 0 amide bonds. The number of carbonyl (C=O) groups excluding carboxylic acids is 1. The molecule has 9 heteroatoms. The number of pyridine rings is 1. The van der Waals surface area contributed by atoms with E-state index in [0.29, 0.717) is 5.95 Å². The van der Waals surface area contributed by atoms with Gasteiger partial charge in [-0.25, -0.2) is 18.7 Å². The summed E-state index contributed by atoms with van der Waals surface area (Å²) in [6.07, 6.45) is 5.12. The second kappa shape index (κ2) is 8.72. The average Bonchev–Trinajstić information content (AvgIpc) is 3.28. The number of nitrogens with one attached hydrogen (secondary N) is 1. The number of hydrogen-bond donors (Lipinski definition) is 1. The van der Waals surface area contributed by atoms with Gasteiger partial charge in [-0.1, -0.05) is 26.0 Å². The second-order valence-electron chi connectivity index (χ2n) is 10.6. The molecule has 3 heterocycles. The minimum Gasteiger partial charge on any atom is -0.347 e. The number of anilines is 1. The third-order valence-corrected chi connectivity index (χ3v) is 8.23. The fraction of sp³-hybridized carbons (Fsp3) is 0.310. The minimum atomic E-state index is -0.657. The van der Waals surface area contributed by atoms with Crippen LogP contribution in [-0.2, 0) is 10.2 Å². The van der Waals surface area contributed by atoms with Crippen molar-refractivity contribution in [3.63, 3.8) is 0 Å². The highest BCUT2D eigenvalue weighted by atomic mass is 19.1. The smallest absolute Gasteiger partial charge is 0.222 e. The van der Waals surface area contributed by atoms with Crippen molar-refractivity contribution in [3.05, 3.63) is 83.4 Å². The fourth-order valence-electron chi connectivity index (χ4n) is 6.35. The lowest BCUT2D eigenvalue weighted by molar-refractivity contribution is -0.115. The molecule has 3 aromatic heterocycles. The van der Waals surface area contributed by atoms with Gasteiger partial charge in [-0.15, -0.1) is 5.10 Å². The summed E-state index contributed by atoms with van der Waals surface area (Å²) < 4.78 is 29.1. The van der Waals surface area contributed by atoms with Crippen LogP contribution >= 0.6 is 0 Å². The largest absolute Gasteiger partial charge is 0.347 e. The summed E-state index contributed by atoms with van der Waals surface area (Å²) in [5.41, 5.74) is 3.47. The van der Waals surface area contributed by atoms with Crippen molar-refractivity contribution in [2.45, 2.75) is 44.9 Å². The summed E-state index contributed by atoms with van der Waals surface area (Å²) in [5, 5.41) is 11.8. The van der Waals surface area contributed by atoms with Gasteiger partial charge < -0.3 is 5.32 Å². The molecule has 6 rings (SSSR count). The van der Waals surface area contributed by atoms with Gasteiger partial charge in [0.15, 0.2) is 0 Å². The first-order valence-electron chi connectivity index (χ1n) is 12.6. The molecule has 1 N–H and O–H groups in total. The van der Waals surface area contributed by atoms with E-state index in [9.17, 15) is 13.6 Å². The first-order valence-corrected chi connectivity index (χ1v) is 12.6. The Kier molecular flexibility index (Phi) is 5.55. The third kappa shape index (κ3) is 3.52. The SMILES string of the molecule is CC(=O)CNc1ncc(-c2cccc([C@@]34CC[C@@H](c5cc(-c6c(F)cccc6F)nnc53)C4(C)C)n2)cn1. The molecule has 2 aliphatic rings. The summed E-state index contributed by atoms with van der Waals surface area (Å²) >= 11 is 0. The summed E-state index contributed by atoms with van der Waals surface area (Å²) in [4.78, 5) is 24.9. The number of aromatic nitrogens is 5. The van der Waals surface area contributed by atoms with Gasteiger partial charge >= 0.3 is 0 Å². The quantitative estimate of drug-likeness (QED) is 0.366. The zero-order valence-electron chi connectivity index (χ0n) is 21.3. The van der Waals surface area contributed by atoms with Gasteiger partial charge in [-0.3, -0.25) is 9.78 Å². The predicted molar refractivity (Wildman–Crippen MR) is 138 cm³/mol. The highest BCUT2D eigenvalue weighted by molar-refractivity contribution is 5.79. The lowest BCUT2D eigenvalue weighted by Gasteiger charge is -2.37. The third-order valence-electron chi connectivity index (χ3n) is 8.23. The van der Waals surface area contributed by atoms with Crippen LogP contribution in [-0.4, -0.2) is 37.5 Å². The lowest BCUT2D eigenvalue weighted by Crippen LogP contribution is -2.37. The van der Waals surface area contributed by atoms with Gasteiger partial charge in [0.05, 0.1) is 40.3 Å². The van der Waals surface area contributed by atoms with Gasteiger partial charge in [0.1, 0.15) is 17.4 Å². The van der Waals surface area contributed by atoms with E-state index in [-0.39, 0.29) is 34.9 Å². The van der Waals surface area contributed by atoms with Crippen LogP contribution < -0.4 is 5.32 Å². The van der Waals surface area contributed by atoms with Crippen LogP contribution in [0.4, 0.5) is 14.7 Å². The second-order valence-corrected chi connectivity index (χ2v) is 10.6. The Labute approximate surface area is 218 Å². The van der Waals surface area contributed by atoms with Crippen molar-refractivity contribution < 1.29 is 13.6 Å². The molecule has 2 aliphatic carbocycles. The van der Waals surface area contributed by atoms with Crippen LogP contribution in [0.2, 0.25) is 0 Å². The molecule has 0 saturated heterocycles. The Morgan fingerprint density at radius 3 is 2.45 bits per heavy atom. The van der Waals surface area contributed by atoms with E-state index in [0.717, 1.165) is 41.1 Å². The van der Waals surface area contributed by atoms with E-state index in [2.05, 4.69) is 39.3 Å². The normalized spacial score (nSPS) is 20.8. The summed E-state index contributed by atoms with van der Waals surface area (Å²) in [6.45, 7) is 6.08. The van der Waals surface area contributed by atoms with E-state index in [1.54, 1.807) is 12.4 Å². The first kappa shape index (κ1) is 24.2. The fourth-order valence-corrected chi connectivity index (χ4v) is 6.35. The minimum absolute atomic E-state index is 0.00474. The Bertz CT molecular complexity index is 1550. The number of rotatable bonds is 6. The van der Waals surface area contributed by atoms with Crippen molar-refractivity contribution in [1.29, 1.82) is 0 Å². The maximum Gasteiger partial charge on any atom is 0.222 e. The molecule has 1 fully saturated rings. The highest BCUT2D eigenvalue weighted by Crippen LogP contribution is 2.69. The Balaban J connectivity index is 1.41. The summed E-state index contributed by atoms with van der Waals surface area (Å²) in [7, 11) is 0. The predicted octanol–water partition coefficient (Wildman–Crippen LogP) is 5.48. The molecule has 192 valence electrons. The van der Waals surface area contributed by atoms with E-state index in [1.807, 2.05) is 24.3 Å². The van der Waals surface area contributed by atoms with Crippen molar-refractivity contribution in [2.75, 3.05) is 11.9 Å². The molecule has 2 atom stereocenters. The molecule has 38 heavy (non-hydrogen) atoms. The number of Topliss-reactive ketones (excluding diaryl/α,β-unsaturated/α-hetero) is 1. The number of benzene rings is 1. The monoisotopic (exact) mass is 512 g/mol. The lowest BCUT2D eigenvalue weighted by atomic mass is 9.66. The molecular weight excluding hydrogens is 486 g/mol. The van der Waals surface area contributed by atoms with E-state index < -0.39 is 17.0 Å². The topological polar surface area (TPSA) is 93.6 Å². The summed E-state index contributed by atoms with van der Waals surface area (Å²) in [6, 6.07) is 11.5. The van der Waals surface area contributed by atoms with Crippen molar-refractivity contribution in [1.82, 2.24) is 25.1 Å². The average molecular weight is 513 g/mol. The maximum absolute atomic E-state index is 14.5. The molecule has 4 aromatic rings. The van der Waals surface area contributed by atoms with Crippen molar-refractivity contribution in [2.24, 2.45) is 5.41 Å². The summed E-state index contributed by atoms with van der Waals surface area (Å²) in [5.74, 6) is -0.789. The number of fused-ring (bicyclic) bond motifs is 5. The van der Waals surface area contributed by atoms with Gasteiger partial charge in [0.25, 0.3) is 0 Å². The van der Waals surface area contributed by atoms with Gasteiger partial charge in [0, 0.05) is 18.0 Å². The Morgan fingerprint density at radius 2 is 1.74 bits per heavy atom. The molecule has 1 saturated carbocycles. The number of nitrogens with zero attached hydrogens (tertiary/aromatic N) is 5. The standard InChI is InChI=1S/C29H26F2N6O/c1-16(38)13-32-27-33-14-17(15-34-27)22-8-5-9-24(35-22)29-11-10-19(28(29,2)3)18-12-23(36-37-26(18)29)25-20(30)6-4-7-21(25)31/h4-9,12,14-15,19H,10-11,13H2,1-3H3,(H,32,33,34)/t19-,29-/m0/s1. The van der Waals surface area contributed by atoms with Crippen molar-refractivity contribution in [3.8, 4) is 22.5 Å². The van der Waals surface area contributed by atoms with E-state index >= 15 is 0 Å². The number of hydrogen-bond acceptors (Lipinski definition) is 7. The Morgan fingerprint density at radius 1 is 1.03 bits per heavy atom.